The molecule has 3 nitrogen and oxygen atoms in total. The number of nitrogens with zero attached hydrogens (tertiary/aromatic N) is 1. The third-order valence-electron chi connectivity index (χ3n) is 4.06. The van der Waals surface area contributed by atoms with Gasteiger partial charge < -0.3 is 9.15 Å². The Balaban J connectivity index is 1.78. The lowest BCUT2D eigenvalue weighted by Crippen LogP contribution is -1.83. The number of aromatic nitrogens is 1. The maximum Gasteiger partial charge on any atom is 0.227 e. The SMILES string of the molecule is COc1cccc(-c2ccc3nc(-c4cccc(C)c4)oc3c2)c1. The summed E-state index contributed by atoms with van der Waals surface area (Å²) in [5.74, 6) is 1.49. The average Bonchev–Trinajstić information content (AvgIpc) is 3.05. The summed E-state index contributed by atoms with van der Waals surface area (Å²) in [5, 5.41) is 0. The summed E-state index contributed by atoms with van der Waals surface area (Å²) in [5.41, 5.74) is 5.99. The van der Waals surface area contributed by atoms with Crippen LogP contribution in [-0.2, 0) is 0 Å². The van der Waals surface area contributed by atoms with Crippen LogP contribution >= 0.6 is 0 Å². The van der Waals surface area contributed by atoms with Crippen LogP contribution in [0.1, 0.15) is 5.56 Å². The minimum Gasteiger partial charge on any atom is -0.497 e. The highest BCUT2D eigenvalue weighted by Crippen LogP contribution is 2.30. The largest absolute Gasteiger partial charge is 0.497 e. The first-order valence-electron chi connectivity index (χ1n) is 7.85. The van der Waals surface area contributed by atoms with Crippen LogP contribution in [0.2, 0.25) is 0 Å². The summed E-state index contributed by atoms with van der Waals surface area (Å²) in [6.45, 7) is 2.06. The van der Waals surface area contributed by atoms with E-state index in [0.717, 1.165) is 33.5 Å². The van der Waals surface area contributed by atoms with Gasteiger partial charge in [-0.15, -0.1) is 0 Å². The fourth-order valence-corrected chi connectivity index (χ4v) is 2.81. The molecule has 0 saturated carbocycles. The van der Waals surface area contributed by atoms with E-state index in [1.165, 1.54) is 5.56 Å². The minimum absolute atomic E-state index is 0.650. The van der Waals surface area contributed by atoms with Crippen molar-refractivity contribution < 1.29 is 9.15 Å². The predicted octanol–water partition coefficient (Wildman–Crippen LogP) is 5.48. The fourth-order valence-electron chi connectivity index (χ4n) is 2.81. The van der Waals surface area contributed by atoms with Crippen LogP contribution < -0.4 is 4.74 Å². The molecule has 24 heavy (non-hydrogen) atoms. The summed E-state index contributed by atoms with van der Waals surface area (Å²) < 4.78 is 11.3. The Labute approximate surface area is 140 Å². The second-order valence-electron chi connectivity index (χ2n) is 5.80. The van der Waals surface area contributed by atoms with Gasteiger partial charge in [-0.25, -0.2) is 4.98 Å². The van der Waals surface area contributed by atoms with E-state index < -0.39 is 0 Å². The van der Waals surface area contributed by atoms with Crippen LogP contribution in [0.25, 0.3) is 33.7 Å². The van der Waals surface area contributed by atoms with E-state index in [9.17, 15) is 0 Å². The molecule has 0 aliphatic rings. The second-order valence-corrected chi connectivity index (χ2v) is 5.80. The average molecular weight is 315 g/mol. The van der Waals surface area contributed by atoms with Crippen LogP contribution in [0.3, 0.4) is 0 Å². The molecular formula is C21H17NO2. The van der Waals surface area contributed by atoms with Crippen LogP contribution in [-0.4, -0.2) is 12.1 Å². The molecule has 3 aromatic carbocycles. The Morgan fingerprint density at radius 1 is 0.833 bits per heavy atom. The van der Waals surface area contributed by atoms with Gasteiger partial charge >= 0.3 is 0 Å². The molecule has 4 aromatic rings. The Kier molecular flexibility index (Phi) is 3.54. The van der Waals surface area contributed by atoms with Crippen LogP contribution in [0.4, 0.5) is 0 Å². The van der Waals surface area contributed by atoms with Crippen molar-refractivity contribution >= 4 is 11.1 Å². The first-order valence-corrected chi connectivity index (χ1v) is 7.85. The van der Waals surface area contributed by atoms with E-state index in [2.05, 4.69) is 36.2 Å². The van der Waals surface area contributed by atoms with Gasteiger partial charge in [-0.05, 0) is 54.4 Å². The first kappa shape index (κ1) is 14.5. The highest BCUT2D eigenvalue weighted by molar-refractivity contribution is 5.82. The number of benzene rings is 3. The summed E-state index contributed by atoms with van der Waals surface area (Å²) in [4.78, 5) is 4.60. The molecule has 0 aliphatic carbocycles. The summed E-state index contributed by atoms with van der Waals surface area (Å²) in [6, 6.07) is 22.2. The van der Waals surface area contributed by atoms with Crippen molar-refractivity contribution in [2.24, 2.45) is 0 Å². The zero-order valence-corrected chi connectivity index (χ0v) is 13.6. The van der Waals surface area contributed by atoms with E-state index in [1.54, 1.807) is 7.11 Å². The number of oxazole rings is 1. The maximum atomic E-state index is 5.99. The summed E-state index contributed by atoms with van der Waals surface area (Å²) >= 11 is 0. The van der Waals surface area contributed by atoms with Gasteiger partial charge in [-0.1, -0.05) is 35.9 Å². The van der Waals surface area contributed by atoms with Crippen molar-refractivity contribution in [2.45, 2.75) is 6.92 Å². The highest BCUT2D eigenvalue weighted by atomic mass is 16.5. The van der Waals surface area contributed by atoms with E-state index >= 15 is 0 Å². The number of methoxy groups -OCH3 is 1. The molecule has 0 saturated heterocycles. The molecular weight excluding hydrogens is 298 g/mol. The van der Waals surface area contributed by atoms with Crippen LogP contribution in [0.15, 0.2) is 71.1 Å². The topological polar surface area (TPSA) is 35.3 Å². The molecule has 1 aromatic heterocycles. The van der Waals surface area contributed by atoms with E-state index in [0.29, 0.717) is 5.89 Å². The number of hydrogen-bond donors (Lipinski definition) is 0. The Hall–Kier alpha value is -3.07. The van der Waals surface area contributed by atoms with E-state index in [4.69, 9.17) is 9.15 Å². The van der Waals surface area contributed by atoms with Crippen LogP contribution in [0.5, 0.6) is 5.75 Å². The van der Waals surface area contributed by atoms with Gasteiger partial charge in [0.1, 0.15) is 11.3 Å². The van der Waals surface area contributed by atoms with Crippen molar-refractivity contribution in [3.8, 4) is 28.3 Å². The third kappa shape index (κ3) is 2.65. The Morgan fingerprint density at radius 3 is 2.46 bits per heavy atom. The van der Waals surface area contributed by atoms with Crippen molar-refractivity contribution in [1.82, 2.24) is 4.98 Å². The van der Waals surface area contributed by atoms with Gasteiger partial charge in [0, 0.05) is 5.56 Å². The van der Waals surface area contributed by atoms with Crippen molar-refractivity contribution in [3.63, 3.8) is 0 Å². The monoisotopic (exact) mass is 315 g/mol. The maximum absolute atomic E-state index is 5.99. The molecule has 3 heteroatoms. The Morgan fingerprint density at radius 2 is 1.62 bits per heavy atom. The number of fused-ring (bicyclic) bond motifs is 1. The molecule has 0 atom stereocenters. The number of hydrogen-bond acceptors (Lipinski definition) is 3. The first-order chi connectivity index (χ1) is 11.7. The normalized spacial score (nSPS) is 10.9. The quantitative estimate of drug-likeness (QED) is 0.502. The van der Waals surface area contributed by atoms with Gasteiger partial charge in [0.2, 0.25) is 5.89 Å². The highest BCUT2D eigenvalue weighted by Gasteiger charge is 2.10. The molecule has 0 aliphatic heterocycles. The molecule has 0 spiro atoms. The van der Waals surface area contributed by atoms with Gasteiger partial charge in [0.05, 0.1) is 7.11 Å². The lowest BCUT2D eigenvalue weighted by Gasteiger charge is -2.04. The predicted molar refractivity (Wildman–Crippen MR) is 96.2 cm³/mol. The molecule has 118 valence electrons. The Bertz CT molecular complexity index is 1020. The molecule has 0 unspecified atom stereocenters. The van der Waals surface area contributed by atoms with Gasteiger partial charge in [0.15, 0.2) is 5.58 Å². The molecule has 0 N–H and O–H groups in total. The smallest absolute Gasteiger partial charge is 0.227 e. The third-order valence-corrected chi connectivity index (χ3v) is 4.06. The number of rotatable bonds is 3. The van der Waals surface area contributed by atoms with Gasteiger partial charge in [0.25, 0.3) is 0 Å². The van der Waals surface area contributed by atoms with Gasteiger partial charge in [-0.3, -0.25) is 0 Å². The minimum atomic E-state index is 0.650. The van der Waals surface area contributed by atoms with Gasteiger partial charge in [-0.2, -0.15) is 0 Å². The summed E-state index contributed by atoms with van der Waals surface area (Å²) in [6.07, 6.45) is 0. The zero-order chi connectivity index (χ0) is 16.5. The fraction of sp³-hybridized carbons (Fsp3) is 0.0952. The molecule has 0 fully saturated rings. The van der Waals surface area contributed by atoms with E-state index in [1.807, 2.05) is 42.5 Å². The zero-order valence-electron chi connectivity index (χ0n) is 13.6. The standard InChI is InChI=1S/C21H17NO2/c1-14-5-3-7-17(11-14)21-22-19-10-9-16(13-20(19)24-21)15-6-4-8-18(12-15)23-2/h3-13H,1-2H3. The van der Waals surface area contributed by atoms with Crippen molar-refractivity contribution in [1.29, 1.82) is 0 Å². The number of ether oxygens (including phenoxy) is 1. The number of aryl methyl sites for hydroxylation is 1. The lowest BCUT2D eigenvalue weighted by atomic mass is 10.1. The molecule has 0 bridgehead atoms. The molecule has 4 rings (SSSR count). The summed E-state index contributed by atoms with van der Waals surface area (Å²) in [7, 11) is 1.67. The van der Waals surface area contributed by atoms with Crippen molar-refractivity contribution in [3.05, 3.63) is 72.3 Å². The second kappa shape index (κ2) is 5.85. The van der Waals surface area contributed by atoms with E-state index in [-0.39, 0.29) is 0 Å². The molecule has 1 heterocycles. The molecule has 0 amide bonds. The van der Waals surface area contributed by atoms with Crippen LogP contribution in [0, 0.1) is 6.92 Å². The van der Waals surface area contributed by atoms with Crippen molar-refractivity contribution in [2.75, 3.05) is 7.11 Å². The lowest BCUT2D eigenvalue weighted by molar-refractivity contribution is 0.415. The molecule has 0 radical (unpaired) electrons.